The van der Waals surface area contributed by atoms with Crippen molar-refractivity contribution in [3.8, 4) is 11.8 Å². The van der Waals surface area contributed by atoms with Crippen LogP contribution in [0.1, 0.15) is 42.5 Å². The second-order valence-electron chi connectivity index (χ2n) is 4.28. The molecule has 0 heterocycles. The van der Waals surface area contributed by atoms with Crippen LogP contribution in [-0.2, 0) is 0 Å². The third kappa shape index (κ3) is 3.87. The lowest BCUT2D eigenvalue weighted by atomic mass is 9.98. The number of halogens is 1. The molecule has 0 aliphatic carbocycles. The van der Waals surface area contributed by atoms with Gasteiger partial charge in [-0.3, -0.25) is 0 Å². The third-order valence-corrected chi connectivity index (χ3v) is 4.20. The lowest BCUT2D eigenvalue weighted by Crippen LogP contribution is -2.16. The highest BCUT2D eigenvalue weighted by molar-refractivity contribution is 9.10. The largest absolute Gasteiger partial charge is 0.313 e. The molecule has 1 atom stereocenters. The molecule has 1 unspecified atom stereocenters. The van der Waals surface area contributed by atoms with E-state index in [0.29, 0.717) is 6.04 Å². The van der Waals surface area contributed by atoms with Gasteiger partial charge in [0.25, 0.3) is 0 Å². The lowest BCUT2D eigenvalue weighted by Gasteiger charge is -2.17. The first-order chi connectivity index (χ1) is 8.10. The highest BCUT2D eigenvalue weighted by Crippen LogP contribution is 2.27. The lowest BCUT2D eigenvalue weighted by molar-refractivity contribution is 0.557. The molecule has 0 saturated carbocycles. The van der Waals surface area contributed by atoms with E-state index >= 15 is 0 Å². The molecule has 0 fully saturated rings. The van der Waals surface area contributed by atoms with Gasteiger partial charge in [0, 0.05) is 16.9 Å². The van der Waals surface area contributed by atoms with Gasteiger partial charge in [0.1, 0.15) is 0 Å². The number of nitrogens with one attached hydrogen (secondary N) is 1. The van der Waals surface area contributed by atoms with E-state index < -0.39 is 0 Å². The van der Waals surface area contributed by atoms with Gasteiger partial charge in [0.05, 0.1) is 0 Å². The summed E-state index contributed by atoms with van der Waals surface area (Å²) >= 11 is 3.61. The molecule has 92 valence electrons. The zero-order chi connectivity index (χ0) is 12.8. The monoisotopic (exact) mass is 293 g/mol. The summed E-state index contributed by atoms with van der Waals surface area (Å²) in [6.45, 7) is 6.17. The van der Waals surface area contributed by atoms with Crippen molar-refractivity contribution in [1.82, 2.24) is 5.32 Å². The average Bonchev–Trinajstić information content (AvgIpc) is 2.31. The molecule has 0 aromatic heterocycles. The van der Waals surface area contributed by atoms with Crippen LogP contribution in [0.3, 0.4) is 0 Å². The minimum atomic E-state index is 0.390. The van der Waals surface area contributed by atoms with Gasteiger partial charge >= 0.3 is 0 Å². The molecular weight excluding hydrogens is 274 g/mol. The fourth-order valence-corrected chi connectivity index (χ4v) is 2.23. The molecule has 0 aliphatic rings. The van der Waals surface area contributed by atoms with Crippen molar-refractivity contribution in [2.75, 3.05) is 7.05 Å². The van der Waals surface area contributed by atoms with Crippen molar-refractivity contribution in [2.45, 2.75) is 39.7 Å². The van der Waals surface area contributed by atoms with E-state index in [9.17, 15) is 0 Å². The first-order valence-corrected chi connectivity index (χ1v) is 6.73. The number of hydrogen-bond acceptors (Lipinski definition) is 1. The SMILES string of the molecule is CC#CCCC(NC)c1cc(C)c(Br)c(C)c1. The molecule has 0 bridgehead atoms. The van der Waals surface area contributed by atoms with E-state index in [0.717, 1.165) is 12.8 Å². The predicted octanol–water partition coefficient (Wildman–Crippen LogP) is 4.13. The van der Waals surface area contributed by atoms with E-state index in [1.165, 1.54) is 21.2 Å². The van der Waals surface area contributed by atoms with Crippen molar-refractivity contribution in [1.29, 1.82) is 0 Å². The molecular formula is C15H20BrN. The molecule has 0 radical (unpaired) electrons. The van der Waals surface area contributed by atoms with Gasteiger partial charge in [-0.2, -0.15) is 0 Å². The van der Waals surface area contributed by atoms with Crippen LogP contribution in [0.15, 0.2) is 16.6 Å². The van der Waals surface area contributed by atoms with Crippen LogP contribution in [0, 0.1) is 25.7 Å². The minimum Gasteiger partial charge on any atom is -0.313 e. The quantitative estimate of drug-likeness (QED) is 0.823. The van der Waals surface area contributed by atoms with Crippen LogP contribution in [0.25, 0.3) is 0 Å². The Balaban J connectivity index is 2.90. The molecule has 1 rings (SSSR count). The van der Waals surface area contributed by atoms with Crippen molar-refractivity contribution < 1.29 is 0 Å². The molecule has 1 aromatic carbocycles. The summed E-state index contributed by atoms with van der Waals surface area (Å²) in [5, 5.41) is 3.37. The Morgan fingerprint density at radius 3 is 2.35 bits per heavy atom. The van der Waals surface area contributed by atoms with Crippen molar-refractivity contribution in [3.63, 3.8) is 0 Å². The minimum absolute atomic E-state index is 0.390. The Kier molecular flexibility index (Phi) is 5.74. The standard InChI is InChI=1S/C15H20BrN/c1-5-6-7-8-14(17-4)13-9-11(2)15(16)12(3)10-13/h9-10,14,17H,7-8H2,1-4H3. The summed E-state index contributed by atoms with van der Waals surface area (Å²) in [7, 11) is 2.01. The Bertz CT molecular complexity index is 417. The summed E-state index contributed by atoms with van der Waals surface area (Å²) in [6.07, 6.45) is 1.99. The normalized spacial score (nSPS) is 11.8. The maximum atomic E-state index is 3.61. The number of benzene rings is 1. The predicted molar refractivity (Wildman–Crippen MR) is 78.1 cm³/mol. The van der Waals surface area contributed by atoms with E-state index in [1.807, 2.05) is 14.0 Å². The number of hydrogen-bond donors (Lipinski definition) is 1. The fraction of sp³-hybridized carbons (Fsp3) is 0.467. The fourth-order valence-electron chi connectivity index (χ4n) is 2.00. The van der Waals surface area contributed by atoms with Crippen LogP contribution < -0.4 is 5.32 Å². The van der Waals surface area contributed by atoms with Crippen molar-refractivity contribution in [3.05, 3.63) is 33.3 Å². The first kappa shape index (κ1) is 14.3. The van der Waals surface area contributed by atoms with Crippen molar-refractivity contribution in [2.24, 2.45) is 0 Å². The molecule has 1 aromatic rings. The average molecular weight is 294 g/mol. The van der Waals surface area contributed by atoms with E-state index in [1.54, 1.807) is 0 Å². The summed E-state index contributed by atoms with van der Waals surface area (Å²) in [4.78, 5) is 0. The van der Waals surface area contributed by atoms with Gasteiger partial charge in [-0.1, -0.05) is 28.1 Å². The highest BCUT2D eigenvalue weighted by atomic mass is 79.9. The molecule has 0 spiro atoms. The van der Waals surface area contributed by atoms with Gasteiger partial charge in [0.15, 0.2) is 0 Å². The highest BCUT2D eigenvalue weighted by Gasteiger charge is 2.11. The zero-order valence-electron chi connectivity index (χ0n) is 11.0. The zero-order valence-corrected chi connectivity index (χ0v) is 12.6. The molecule has 0 amide bonds. The van der Waals surface area contributed by atoms with E-state index in [-0.39, 0.29) is 0 Å². The maximum absolute atomic E-state index is 3.61. The van der Waals surface area contributed by atoms with Crippen LogP contribution in [0.4, 0.5) is 0 Å². The van der Waals surface area contributed by atoms with E-state index in [2.05, 4.69) is 59.1 Å². The smallest absolute Gasteiger partial charge is 0.0326 e. The number of rotatable bonds is 4. The summed E-state index contributed by atoms with van der Waals surface area (Å²) < 4.78 is 1.21. The summed E-state index contributed by atoms with van der Waals surface area (Å²) in [5.41, 5.74) is 3.94. The second kappa shape index (κ2) is 6.83. The topological polar surface area (TPSA) is 12.0 Å². The number of aryl methyl sites for hydroxylation is 2. The second-order valence-corrected chi connectivity index (χ2v) is 5.07. The molecule has 2 heteroatoms. The molecule has 1 nitrogen and oxygen atoms in total. The van der Waals surface area contributed by atoms with Gasteiger partial charge < -0.3 is 5.32 Å². The van der Waals surface area contributed by atoms with Gasteiger partial charge in [0.2, 0.25) is 0 Å². The first-order valence-electron chi connectivity index (χ1n) is 5.93. The third-order valence-electron chi connectivity index (χ3n) is 2.94. The van der Waals surface area contributed by atoms with E-state index in [4.69, 9.17) is 0 Å². The van der Waals surface area contributed by atoms with Gasteiger partial charge in [-0.15, -0.1) is 11.8 Å². The molecule has 17 heavy (non-hydrogen) atoms. The van der Waals surface area contributed by atoms with Crippen LogP contribution in [0.2, 0.25) is 0 Å². The van der Waals surface area contributed by atoms with Crippen LogP contribution in [0.5, 0.6) is 0 Å². The molecule has 1 N–H and O–H groups in total. The van der Waals surface area contributed by atoms with Crippen LogP contribution >= 0.6 is 15.9 Å². The Morgan fingerprint density at radius 1 is 1.29 bits per heavy atom. The van der Waals surface area contributed by atoms with Crippen molar-refractivity contribution >= 4 is 15.9 Å². The van der Waals surface area contributed by atoms with Gasteiger partial charge in [-0.05, 0) is 50.9 Å². The molecule has 0 aliphatic heterocycles. The Morgan fingerprint density at radius 2 is 1.88 bits per heavy atom. The Hall–Kier alpha value is -0.780. The van der Waals surface area contributed by atoms with Gasteiger partial charge in [-0.25, -0.2) is 0 Å². The molecule has 0 saturated heterocycles. The maximum Gasteiger partial charge on any atom is 0.0326 e. The Labute approximate surface area is 113 Å². The summed E-state index contributed by atoms with van der Waals surface area (Å²) in [6, 6.07) is 4.89. The summed E-state index contributed by atoms with van der Waals surface area (Å²) in [5.74, 6) is 6.07. The van der Waals surface area contributed by atoms with Crippen LogP contribution in [-0.4, -0.2) is 7.05 Å².